The fraction of sp³-hybridized carbons (Fsp3) is 0.750. The van der Waals surface area contributed by atoms with E-state index in [1.54, 1.807) is 0 Å². The van der Waals surface area contributed by atoms with E-state index in [2.05, 4.69) is 53.9 Å². The van der Waals surface area contributed by atoms with Crippen molar-refractivity contribution in [2.45, 2.75) is 46.2 Å². The van der Waals surface area contributed by atoms with Gasteiger partial charge in [-0.15, -0.1) is 0 Å². The topological polar surface area (TPSA) is 29.9 Å². The first-order chi connectivity index (χ1) is 8.20. The summed E-state index contributed by atoms with van der Waals surface area (Å²) < 4.78 is 3.21. The van der Waals surface area contributed by atoms with E-state index in [9.17, 15) is 0 Å². The third-order valence-electron chi connectivity index (χ3n) is 2.73. The molecule has 1 rings (SSSR count). The number of halogens is 2. The van der Waals surface area contributed by atoms with Gasteiger partial charge in [-0.05, 0) is 49.2 Å². The lowest BCUT2D eigenvalue weighted by Crippen LogP contribution is -2.18. The molecule has 0 fully saturated rings. The Morgan fingerprint density at radius 3 is 2.71 bits per heavy atom. The van der Waals surface area contributed by atoms with Gasteiger partial charge in [-0.2, -0.15) is 5.10 Å². The van der Waals surface area contributed by atoms with Crippen molar-refractivity contribution in [1.29, 1.82) is 0 Å². The monoisotopic (exact) mass is 365 g/mol. The molecule has 1 aromatic rings. The van der Waals surface area contributed by atoms with Crippen molar-refractivity contribution in [1.82, 2.24) is 15.1 Å². The number of unbranched alkanes of at least 4 members (excludes halogenated alkanes) is 2. The maximum absolute atomic E-state index is 4.48. The third kappa shape index (κ3) is 4.72. The van der Waals surface area contributed by atoms with Gasteiger partial charge in [-0.1, -0.05) is 22.4 Å². The fourth-order valence-corrected chi connectivity index (χ4v) is 2.59. The summed E-state index contributed by atoms with van der Waals surface area (Å²) in [6.07, 6.45) is 3.78. The molecule has 0 unspecified atom stereocenters. The number of hydrogen-bond acceptors (Lipinski definition) is 2. The second kappa shape index (κ2) is 8.27. The molecule has 0 spiro atoms. The van der Waals surface area contributed by atoms with Gasteiger partial charge in [0.1, 0.15) is 0 Å². The summed E-state index contributed by atoms with van der Waals surface area (Å²) in [7, 11) is 0. The third-order valence-corrected chi connectivity index (χ3v) is 4.32. The molecule has 1 heterocycles. The maximum Gasteiger partial charge on any atom is 0.0739 e. The summed E-state index contributed by atoms with van der Waals surface area (Å²) in [6, 6.07) is 0. The summed E-state index contributed by atoms with van der Waals surface area (Å²) in [5.41, 5.74) is 2.33. The van der Waals surface area contributed by atoms with E-state index in [-0.39, 0.29) is 0 Å². The number of aromatic nitrogens is 2. The van der Waals surface area contributed by atoms with Crippen LogP contribution < -0.4 is 5.32 Å². The quantitative estimate of drug-likeness (QED) is 0.562. The highest BCUT2D eigenvalue weighted by Gasteiger charge is 2.10. The Bertz CT molecular complexity index is 337. The molecule has 0 aromatic carbocycles. The summed E-state index contributed by atoms with van der Waals surface area (Å²) in [6.45, 7) is 7.05. The molecule has 0 aliphatic heterocycles. The predicted molar refractivity (Wildman–Crippen MR) is 79.7 cm³/mol. The Morgan fingerprint density at radius 2 is 2.06 bits per heavy atom. The Hall–Kier alpha value is 0.130. The first-order valence-electron chi connectivity index (χ1n) is 6.19. The van der Waals surface area contributed by atoms with Gasteiger partial charge < -0.3 is 5.32 Å². The van der Waals surface area contributed by atoms with Crippen LogP contribution in [-0.4, -0.2) is 21.7 Å². The molecular weight excluding hydrogens is 346 g/mol. The van der Waals surface area contributed by atoms with Crippen LogP contribution in [0, 0.1) is 6.92 Å². The lowest BCUT2D eigenvalue weighted by molar-refractivity contribution is 0.562. The van der Waals surface area contributed by atoms with Crippen LogP contribution in [0.4, 0.5) is 0 Å². The van der Waals surface area contributed by atoms with E-state index >= 15 is 0 Å². The van der Waals surface area contributed by atoms with Crippen molar-refractivity contribution in [3.05, 3.63) is 15.9 Å². The lowest BCUT2D eigenvalue weighted by Gasteiger charge is -2.07. The van der Waals surface area contributed by atoms with Crippen LogP contribution in [0.25, 0.3) is 0 Å². The molecule has 0 aliphatic rings. The summed E-state index contributed by atoms with van der Waals surface area (Å²) in [5, 5.41) is 9.08. The minimum absolute atomic E-state index is 0.892. The molecule has 0 atom stereocenters. The molecule has 1 aromatic heterocycles. The number of rotatable bonds is 8. The molecule has 0 radical (unpaired) electrons. The van der Waals surface area contributed by atoms with Gasteiger partial charge in [0, 0.05) is 18.4 Å². The molecule has 3 nitrogen and oxygen atoms in total. The number of aryl methyl sites for hydroxylation is 2. The maximum atomic E-state index is 4.48. The van der Waals surface area contributed by atoms with E-state index in [1.165, 1.54) is 25.0 Å². The van der Waals surface area contributed by atoms with Gasteiger partial charge in [0.05, 0.1) is 15.9 Å². The molecule has 0 saturated carbocycles. The van der Waals surface area contributed by atoms with Gasteiger partial charge in [0.25, 0.3) is 0 Å². The van der Waals surface area contributed by atoms with Crippen molar-refractivity contribution >= 4 is 31.9 Å². The highest BCUT2D eigenvalue weighted by atomic mass is 79.9. The molecule has 98 valence electrons. The minimum atomic E-state index is 0.892. The van der Waals surface area contributed by atoms with Crippen molar-refractivity contribution in [3.63, 3.8) is 0 Å². The van der Waals surface area contributed by atoms with Crippen molar-refractivity contribution < 1.29 is 0 Å². The van der Waals surface area contributed by atoms with Crippen LogP contribution in [-0.2, 0) is 13.1 Å². The predicted octanol–water partition coefficient (Wildman–Crippen LogP) is 3.63. The normalized spacial score (nSPS) is 11.1. The van der Waals surface area contributed by atoms with E-state index in [0.29, 0.717) is 0 Å². The molecule has 5 heteroatoms. The zero-order valence-electron chi connectivity index (χ0n) is 10.6. The zero-order valence-corrected chi connectivity index (χ0v) is 13.8. The second-order valence-electron chi connectivity index (χ2n) is 4.09. The first-order valence-corrected chi connectivity index (χ1v) is 8.10. The molecule has 0 aliphatic carbocycles. The first kappa shape index (κ1) is 15.2. The van der Waals surface area contributed by atoms with Crippen molar-refractivity contribution in [3.8, 4) is 0 Å². The van der Waals surface area contributed by atoms with Crippen LogP contribution in [0.1, 0.15) is 37.6 Å². The Kier molecular flexibility index (Phi) is 7.39. The van der Waals surface area contributed by atoms with Crippen molar-refractivity contribution in [2.24, 2.45) is 0 Å². The molecule has 1 N–H and O–H groups in total. The number of nitrogens with zero attached hydrogens (tertiary/aromatic N) is 2. The smallest absolute Gasteiger partial charge is 0.0739 e. The van der Waals surface area contributed by atoms with Gasteiger partial charge in [0.15, 0.2) is 0 Å². The molecular formula is C12H21Br2N3. The van der Waals surface area contributed by atoms with E-state index < -0.39 is 0 Å². The average molecular weight is 367 g/mol. The van der Waals surface area contributed by atoms with Gasteiger partial charge in [-0.3, -0.25) is 4.68 Å². The van der Waals surface area contributed by atoms with E-state index in [1.807, 2.05) is 6.92 Å². The zero-order chi connectivity index (χ0) is 12.7. The fourth-order valence-electron chi connectivity index (χ4n) is 1.77. The van der Waals surface area contributed by atoms with E-state index in [4.69, 9.17) is 0 Å². The van der Waals surface area contributed by atoms with Gasteiger partial charge in [-0.25, -0.2) is 0 Å². The summed E-state index contributed by atoms with van der Waals surface area (Å²) in [4.78, 5) is 0. The number of alkyl halides is 1. The molecule has 0 bridgehead atoms. The summed E-state index contributed by atoms with van der Waals surface area (Å²) >= 11 is 7.05. The van der Waals surface area contributed by atoms with Crippen LogP contribution in [0.2, 0.25) is 0 Å². The second-order valence-corrected chi connectivity index (χ2v) is 5.67. The highest BCUT2D eigenvalue weighted by molar-refractivity contribution is 9.10. The Labute approximate surface area is 121 Å². The van der Waals surface area contributed by atoms with Gasteiger partial charge >= 0.3 is 0 Å². The Morgan fingerprint density at radius 1 is 1.29 bits per heavy atom. The van der Waals surface area contributed by atoms with Crippen LogP contribution in [0.3, 0.4) is 0 Å². The lowest BCUT2D eigenvalue weighted by atomic mass is 10.2. The average Bonchev–Trinajstić information content (AvgIpc) is 2.60. The minimum Gasteiger partial charge on any atom is -0.311 e. The van der Waals surface area contributed by atoms with Crippen molar-refractivity contribution in [2.75, 3.05) is 11.9 Å². The standard InChI is InChI=1S/C12H21Br2N3/c1-3-17-11(12(14)10(2)16-17)9-15-8-6-4-5-7-13/h15H,3-9H2,1-2H3. The molecule has 0 amide bonds. The number of hydrogen-bond donors (Lipinski definition) is 1. The SMILES string of the molecule is CCn1nc(C)c(Br)c1CNCCCCCBr. The van der Waals surface area contributed by atoms with Crippen LogP contribution in [0.5, 0.6) is 0 Å². The van der Waals surface area contributed by atoms with Crippen LogP contribution >= 0.6 is 31.9 Å². The van der Waals surface area contributed by atoms with Gasteiger partial charge in [0.2, 0.25) is 0 Å². The van der Waals surface area contributed by atoms with Crippen LogP contribution in [0.15, 0.2) is 4.47 Å². The molecule has 0 saturated heterocycles. The summed E-state index contributed by atoms with van der Waals surface area (Å²) in [5.74, 6) is 0. The molecule has 17 heavy (non-hydrogen) atoms. The Balaban J connectivity index is 2.35. The number of nitrogens with one attached hydrogen (secondary N) is 1. The van der Waals surface area contributed by atoms with E-state index in [0.717, 1.165) is 35.1 Å². The largest absolute Gasteiger partial charge is 0.311 e. The highest BCUT2D eigenvalue weighted by Crippen LogP contribution is 2.20.